The average Bonchev–Trinajstić information content (AvgIpc) is 2.88. The maximum absolute atomic E-state index is 13.0. The lowest BCUT2D eigenvalue weighted by atomic mass is 9.81. The lowest BCUT2D eigenvalue weighted by Gasteiger charge is -2.39. The second-order valence-corrected chi connectivity index (χ2v) is 9.47. The van der Waals surface area contributed by atoms with Gasteiger partial charge in [0.05, 0.1) is 11.6 Å². The number of nitriles is 1. The summed E-state index contributed by atoms with van der Waals surface area (Å²) >= 11 is 1.30. The zero-order valence-electron chi connectivity index (χ0n) is 19.3. The van der Waals surface area contributed by atoms with Gasteiger partial charge in [0.15, 0.2) is 17.6 Å². The zero-order valence-corrected chi connectivity index (χ0v) is 20.1. The van der Waals surface area contributed by atoms with Crippen LogP contribution in [0.5, 0.6) is 11.5 Å². The first-order valence-electron chi connectivity index (χ1n) is 11.4. The van der Waals surface area contributed by atoms with Crippen molar-refractivity contribution >= 4 is 23.6 Å². The molecule has 1 fully saturated rings. The fraction of sp³-hybridized carbons (Fsp3) is 0.440. The molecule has 9 heteroatoms. The van der Waals surface area contributed by atoms with Gasteiger partial charge in [0.1, 0.15) is 23.8 Å². The molecule has 178 valence electrons. The van der Waals surface area contributed by atoms with Crippen molar-refractivity contribution in [3.05, 3.63) is 42.1 Å². The molecule has 0 saturated heterocycles. The van der Waals surface area contributed by atoms with Crippen molar-refractivity contribution < 1.29 is 23.8 Å². The molecule has 2 aromatic rings. The minimum Gasteiger partial charge on any atom is -0.486 e. The monoisotopic (exact) mass is 481 g/mol. The first kappa shape index (κ1) is 23.9. The fourth-order valence-corrected chi connectivity index (χ4v) is 5.14. The minimum atomic E-state index is -1.03. The second-order valence-electron chi connectivity index (χ2n) is 8.41. The summed E-state index contributed by atoms with van der Waals surface area (Å²) in [5, 5.41) is 10.2. The van der Waals surface area contributed by atoms with Gasteiger partial charge in [-0.05, 0) is 50.1 Å². The highest BCUT2D eigenvalue weighted by Crippen LogP contribution is 2.37. The van der Waals surface area contributed by atoms with Gasteiger partial charge in [-0.2, -0.15) is 5.26 Å². The first-order valence-corrected chi connectivity index (χ1v) is 12.2. The van der Waals surface area contributed by atoms with Crippen LogP contribution in [0.4, 0.5) is 0 Å². The molecule has 0 N–H and O–H groups in total. The van der Waals surface area contributed by atoms with E-state index in [1.54, 1.807) is 25.4 Å². The Bertz CT molecular complexity index is 1110. The van der Waals surface area contributed by atoms with Crippen molar-refractivity contribution in [3.63, 3.8) is 0 Å². The van der Waals surface area contributed by atoms with E-state index in [4.69, 9.17) is 14.2 Å². The summed E-state index contributed by atoms with van der Waals surface area (Å²) in [5.74, 6) is 0.298. The van der Waals surface area contributed by atoms with Crippen LogP contribution < -0.4 is 9.47 Å². The van der Waals surface area contributed by atoms with Gasteiger partial charge in [-0.1, -0.05) is 31.0 Å². The van der Waals surface area contributed by atoms with E-state index < -0.39 is 17.6 Å². The Balaban J connectivity index is 1.46. The molecule has 34 heavy (non-hydrogen) atoms. The number of carbonyl (C=O) groups excluding carboxylic acids is 2. The van der Waals surface area contributed by atoms with Crippen LogP contribution in [0.1, 0.15) is 49.4 Å². The number of rotatable bonds is 6. The topological polar surface area (TPSA) is 102 Å². The Kier molecular flexibility index (Phi) is 7.27. The van der Waals surface area contributed by atoms with Gasteiger partial charge in [-0.3, -0.25) is 4.79 Å². The molecule has 8 nitrogen and oxygen atoms in total. The number of amides is 1. The van der Waals surface area contributed by atoms with E-state index in [9.17, 15) is 14.9 Å². The fourth-order valence-electron chi connectivity index (χ4n) is 4.24. The first-order chi connectivity index (χ1) is 16.4. The third-order valence-electron chi connectivity index (χ3n) is 6.21. The normalized spacial score (nSPS) is 17.2. The third kappa shape index (κ3) is 4.97. The molecule has 1 atom stereocenters. The Morgan fingerprint density at radius 2 is 1.91 bits per heavy atom. The van der Waals surface area contributed by atoms with Crippen LogP contribution in [0.15, 0.2) is 46.5 Å². The van der Waals surface area contributed by atoms with Gasteiger partial charge in [-0.25, -0.2) is 9.78 Å². The number of fused-ring (bicyclic) bond motifs is 1. The highest BCUT2D eigenvalue weighted by molar-refractivity contribution is 7.99. The lowest BCUT2D eigenvalue weighted by molar-refractivity contribution is -0.143. The number of esters is 1. The van der Waals surface area contributed by atoms with Crippen LogP contribution in [0.3, 0.4) is 0 Å². The van der Waals surface area contributed by atoms with Gasteiger partial charge >= 0.3 is 5.97 Å². The van der Waals surface area contributed by atoms with Crippen LogP contribution in [0.25, 0.3) is 0 Å². The summed E-state index contributed by atoms with van der Waals surface area (Å²) in [6.45, 7) is 2.53. The largest absolute Gasteiger partial charge is 0.486 e. The van der Waals surface area contributed by atoms with Gasteiger partial charge in [-0.15, -0.1) is 0 Å². The summed E-state index contributed by atoms with van der Waals surface area (Å²) in [7, 11) is 1.62. The van der Waals surface area contributed by atoms with E-state index in [0.29, 0.717) is 42.6 Å². The van der Waals surface area contributed by atoms with E-state index in [-0.39, 0.29) is 11.5 Å². The predicted octanol–water partition coefficient (Wildman–Crippen LogP) is 4.23. The van der Waals surface area contributed by atoms with Gasteiger partial charge in [0.2, 0.25) is 0 Å². The van der Waals surface area contributed by atoms with E-state index in [0.717, 1.165) is 24.2 Å². The average molecular weight is 482 g/mol. The van der Waals surface area contributed by atoms with E-state index in [2.05, 4.69) is 11.1 Å². The molecule has 2 aliphatic rings. The highest BCUT2D eigenvalue weighted by Gasteiger charge is 2.41. The quantitative estimate of drug-likeness (QED) is 0.565. The van der Waals surface area contributed by atoms with Gasteiger partial charge in [0, 0.05) is 18.1 Å². The van der Waals surface area contributed by atoms with Crippen LogP contribution in [-0.2, 0) is 9.53 Å². The van der Waals surface area contributed by atoms with Crippen molar-refractivity contribution in [1.82, 2.24) is 9.88 Å². The number of nitrogens with zero attached hydrogens (tertiary/aromatic N) is 3. The number of hydrogen-bond acceptors (Lipinski definition) is 8. The van der Waals surface area contributed by atoms with Crippen molar-refractivity contribution in [3.8, 4) is 17.6 Å². The highest BCUT2D eigenvalue weighted by atomic mass is 32.2. The molecule has 1 aliphatic carbocycles. The molecule has 1 saturated carbocycles. The van der Waals surface area contributed by atoms with Gasteiger partial charge in [0.25, 0.3) is 5.91 Å². The van der Waals surface area contributed by atoms with Gasteiger partial charge < -0.3 is 19.1 Å². The maximum Gasteiger partial charge on any atom is 0.341 e. The summed E-state index contributed by atoms with van der Waals surface area (Å²) in [6, 6.07) is 11.1. The third-order valence-corrected chi connectivity index (χ3v) is 7.22. The summed E-state index contributed by atoms with van der Waals surface area (Å²) in [6.07, 6.45) is 4.68. The van der Waals surface area contributed by atoms with Crippen molar-refractivity contribution in [1.29, 1.82) is 5.26 Å². The van der Waals surface area contributed by atoms with E-state index in [1.807, 2.05) is 18.2 Å². The summed E-state index contributed by atoms with van der Waals surface area (Å²) < 4.78 is 16.7. The molecule has 1 aromatic carbocycles. The maximum atomic E-state index is 13.0. The molecule has 0 bridgehead atoms. The molecule has 1 amide bonds. The number of aromatic nitrogens is 1. The number of carbonyl (C=O) groups is 2. The number of benzene rings is 1. The zero-order chi connectivity index (χ0) is 24.1. The van der Waals surface area contributed by atoms with Crippen LogP contribution in [-0.4, -0.2) is 53.7 Å². The lowest BCUT2D eigenvalue weighted by Crippen LogP contribution is -2.53. The van der Waals surface area contributed by atoms with Crippen molar-refractivity contribution in [2.75, 3.05) is 20.3 Å². The molecule has 0 radical (unpaired) electrons. The summed E-state index contributed by atoms with van der Waals surface area (Å²) in [4.78, 5) is 32.7. The smallest absolute Gasteiger partial charge is 0.341 e. The number of hydrogen-bond donors (Lipinski definition) is 0. The predicted molar refractivity (Wildman–Crippen MR) is 125 cm³/mol. The Hall–Kier alpha value is -3.25. The summed E-state index contributed by atoms with van der Waals surface area (Å²) in [5.41, 5.74) is -0.582. The number of likely N-dealkylation sites (N-methyl/N-ethyl adjacent to an activating group) is 1. The minimum absolute atomic E-state index is 0.261. The molecule has 1 aromatic heterocycles. The molecule has 1 unspecified atom stereocenters. The van der Waals surface area contributed by atoms with E-state index >= 15 is 0 Å². The SMILES string of the molecule is CC(OC(=O)c1cccnc1Sc1ccc2c(c1)OCCO2)C(=O)N(C)C1(C#N)CCCCC1. The molecule has 1 aliphatic heterocycles. The molecule has 0 spiro atoms. The van der Waals surface area contributed by atoms with Crippen molar-refractivity contribution in [2.45, 2.75) is 60.6 Å². The van der Waals surface area contributed by atoms with Crippen LogP contribution in [0, 0.1) is 11.3 Å². The Morgan fingerprint density at radius 3 is 2.65 bits per heavy atom. The van der Waals surface area contributed by atoms with Crippen LogP contribution in [0.2, 0.25) is 0 Å². The molecular formula is C25H27N3O5S. The van der Waals surface area contributed by atoms with Crippen LogP contribution >= 0.6 is 11.8 Å². The molecular weight excluding hydrogens is 454 g/mol. The number of pyridine rings is 1. The Morgan fingerprint density at radius 1 is 1.18 bits per heavy atom. The molecule has 2 heterocycles. The molecule has 4 rings (SSSR count). The van der Waals surface area contributed by atoms with Crippen molar-refractivity contribution in [2.24, 2.45) is 0 Å². The number of ether oxygens (including phenoxy) is 3. The Labute approximate surface area is 203 Å². The van der Waals surface area contributed by atoms with E-state index in [1.165, 1.54) is 23.6 Å². The standard InChI is InChI=1S/C25H27N3O5S/c1-17(23(29)28(2)25(16-26)10-4-3-5-11-25)33-24(30)19-7-6-12-27-22(19)34-18-8-9-20-21(15-18)32-14-13-31-20/h6-9,12,15,17H,3-5,10-11,13-14H2,1-2H3. The second kappa shape index (κ2) is 10.3.